The van der Waals surface area contributed by atoms with Crippen LogP contribution in [0.4, 0.5) is 0 Å². The van der Waals surface area contributed by atoms with Gasteiger partial charge in [-0.3, -0.25) is 9.35 Å². The maximum atomic E-state index is 12.8. The van der Waals surface area contributed by atoms with E-state index in [9.17, 15) is 22.6 Å². The minimum Gasteiger partial charge on any atom is -0.487 e. The number of carboxylic acids is 1. The van der Waals surface area contributed by atoms with Gasteiger partial charge in [0, 0.05) is 6.07 Å². The van der Waals surface area contributed by atoms with Crippen molar-refractivity contribution in [2.45, 2.75) is 24.8 Å². The van der Waals surface area contributed by atoms with Gasteiger partial charge in [0.2, 0.25) is 5.43 Å². The Hall–Kier alpha value is -2.91. The number of hydrogen-bond donors (Lipinski definition) is 2. The van der Waals surface area contributed by atoms with Crippen LogP contribution < -0.4 is 10.2 Å². The van der Waals surface area contributed by atoms with Gasteiger partial charge in [0.15, 0.2) is 11.3 Å². The van der Waals surface area contributed by atoms with Gasteiger partial charge in [0.25, 0.3) is 10.1 Å². The van der Waals surface area contributed by atoms with Crippen LogP contribution >= 0.6 is 0 Å². The highest BCUT2D eigenvalue weighted by Crippen LogP contribution is 2.31. The van der Waals surface area contributed by atoms with E-state index >= 15 is 0 Å². The molecule has 8 nitrogen and oxygen atoms in total. The molecule has 0 atom stereocenters. The molecule has 9 heteroatoms. The molecule has 2 aromatic carbocycles. The van der Waals surface area contributed by atoms with E-state index in [1.54, 1.807) is 13.8 Å². The van der Waals surface area contributed by atoms with Crippen molar-refractivity contribution in [2.24, 2.45) is 0 Å². The van der Waals surface area contributed by atoms with E-state index in [2.05, 4.69) is 0 Å². The third-order valence-corrected chi connectivity index (χ3v) is 4.45. The van der Waals surface area contributed by atoms with Crippen LogP contribution in [-0.4, -0.2) is 30.2 Å². The maximum absolute atomic E-state index is 12.8. The number of rotatable bonds is 4. The highest BCUT2D eigenvalue weighted by atomic mass is 32.2. The van der Waals surface area contributed by atoms with Gasteiger partial charge in [0.05, 0.1) is 27.3 Å². The summed E-state index contributed by atoms with van der Waals surface area (Å²) in [6.07, 6.45) is -0.356. The molecule has 0 fully saturated rings. The molecule has 0 aliphatic rings. The summed E-state index contributed by atoms with van der Waals surface area (Å²) >= 11 is 0. The van der Waals surface area contributed by atoms with Crippen LogP contribution in [0.1, 0.15) is 24.2 Å². The lowest BCUT2D eigenvalue weighted by Gasteiger charge is -2.13. The monoisotopic (exact) mass is 378 g/mol. The second kappa shape index (κ2) is 6.11. The van der Waals surface area contributed by atoms with Crippen molar-refractivity contribution in [3.05, 3.63) is 46.1 Å². The third-order valence-electron chi connectivity index (χ3n) is 3.62. The van der Waals surface area contributed by atoms with E-state index < -0.39 is 26.4 Å². The van der Waals surface area contributed by atoms with Gasteiger partial charge in [0.1, 0.15) is 5.58 Å². The van der Waals surface area contributed by atoms with Crippen LogP contribution in [-0.2, 0) is 10.1 Å². The standard InChI is InChI=1S/C17H14O8S/c1-8(2)24-14-7-10(26(21,22)23)6-12-15(18)11-5-9(17(19)20)3-4-13(11)25-16(12)14/h3-8H,1-2H3,(H,19,20)(H,21,22,23). The Morgan fingerprint density at radius 3 is 2.42 bits per heavy atom. The number of hydrogen-bond acceptors (Lipinski definition) is 6. The molecule has 0 amide bonds. The molecule has 1 aromatic heterocycles. The molecular formula is C17H14O8S. The molecule has 0 unspecified atom stereocenters. The predicted octanol–water partition coefficient (Wildman–Crippen LogP) is 2.68. The van der Waals surface area contributed by atoms with Crippen molar-refractivity contribution < 1.29 is 32.0 Å². The lowest BCUT2D eigenvalue weighted by molar-refractivity contribution is 0.0697. The van der Waals surface area contributed by atoms with Crippen LogP contribution in [0.25, 0.3) is 21.9 Å². The predicted molar refractivity (Wildman–Crippen MR) is 92.5 cm³/mol. The zero-order chi connectivity index (χ0) is 19.2. The van der Waals surface area contributed by atoms with E-state index in [4.69, 9.17) is 14.3 Å². The first-order valence-corrected chi connectivity index (χ1v) is 8.94. The van der Waals surface area contributed by atoms with Gasteiger partial charge in [-0.25, -0.2) is 4.79 Å². The van der Waals surface area contributed by atoms with Gasteiger partial charge < -0.3 is 14.3 Å². The quantitative estimate of drug-likeness (QED) is 0.523. The Kier molecular flexibility index (Phi) is 4.21. The van der Waals surface area contributed by atoms with E-state index in [0.29, 0.717) is 0 Å². The third kappa shape index (κ3) is 3.14. The average Bonchev–Trinajstić information content (AvgIpc) is 2.53. The summed E-state index contributed by atoms with van der Waals surface area (Å²) in [5.41, 5.74) is -0.621. The van der Waals surface area contributed by atoms with Gasteiger partial charge in [-0.2, -0.15) is 8.42 Å². The van der Waals surface area contributed by atoms with Gasteiger partial charge in [-0.1, -0.05) is 0 Å². The molecule has 0 bridgehead atoms. The second-order valence-corrected chi connectivity index (χ2v) is 7.31. The molecule has 0 aliphatic carbocycles. The van der Waals surface area contributed by atoms with Crippen molar-refractivity contribution in [1.29, 1.82) is 0 Å². The molecule has 0 saturated carbocycles. The SMILES string of the molecule is CC(C)Oc1cc(S(=O)(=O)O)cc2c(=O)c3cc(C(=O)O)ccc3oc12. The largest absolute Gasteiger partial charge is 0.487 e. The van der Waals surface area contributed by atoms with E-state index in [-0.39, 0.29) is 39.4 Å². The smallest absolute Gasteiger partial charge is 0.335 e. The normalized spacial score (nSPS) is 12.0. The number of ether oxygens (including phenoxy) is 1. The zero-order valence-corrected chi connectivity index (χ0v) is 14.5. The van der Waals surface area contributed by atoms with Crippen molar-refractivity contribution in [3.8, 4) is 5.75 Å². The maximum Gasteiger partial charge on any atom is 0.335 e. The Morgan fingerprint density at radius 1 is 1.15 bits per heavy atom. The number of carbonyl (C=O) groups is 1. The highest BCUT2D eigenvalue weighted by molar-refractivity contribution is 7.85. The molecule has 1 heterocycles. The highest BCUT2D eigenvalue weighted by Gasteiger charge is 2.20. The van der Waals surface area contributed by atoms with Crippen molar-refractivity contribution in [1.82, 2.24) is 0 Å². The Balaban J connectivity index is 2.47. The fourth-order valence-corrected chi connectivity index (χ4v) is 3.05. The summed E-state index contributed by atoms with van der Waals surface area (Å²) in [5, 5.41) is 8.90. The Labute approximate surface area is 147 Å². The number of aromatic carboxylic acids is 1. The van der Waals surface area contributed by atoms with Crippen LogP contribution in [0.15, 0.2) is 44.4 Å². The first-order valence-electron chi connectivity index (χ1n) is 7.50. The van der Waals surface area contributed by atoms with Crippen molar-refractivity contribution in [3.63, 3.8) is 0 Å². The molecular weight excluding hydrogens is 364 g/mol. The average molecular weight is 378 g/mol. The minimum absolute atomic E-state index is 0.00618. The van der Waals surface area contributed by atoms with Crippen LogP contribution in [0.3, 0.4) is 0 Å². The molecule has 26 heavy (non-hydrogen) atoms. The fourth-order valence-electron chi connectivity index (χ4n) is 2.53. The van der Waals surface area contributed by atoms with Gasteiger partial charge >= 0.3 is 5.97 Å². The topological polar surface area (TPSA) is 131 Å². The Bertz CT molecular complexity index is 1200. The van der Waals surface area contributed by atoms with Crippen LogP contribution in [0.2, 0.25) is 0 Å². The summed E-state index contributed by atoms with van der Waals surface area (Å²) in [5.74, 6) is -1.24. The zero-order valence-electron chi connectivity index (χ0n) is 13.7. The Morgan fingerprint density at radius 2 is 1.85 bits per heavy atom. The first kappa shape index (κ1) is 17.9. The lowest BCUT2D eigenvalue weighted by atomic mass is 10.1. The molecule has 0 radical (unpaired) electrons. The lowest BCUT2D eigenvalue weighted by Crippen LogP contribution is -2.10. The van der Waals surface area contributed by atoms with E-state index in [0.717, 1.165) is 18.2 Å². The van der Waals surface area contributed by atoms with Gasteiger partial charge in [-0.15, -0.1) is 0 Å². The number of benzene rings is 2. The molecule has 2 N–H and O–H groups in total. The summed E-state index contributed by atoms with van der Waals surface area (Å²) in [7, 11) is -4.60. The summed E-state index contributed by atoms with van der Waals surface area (Å²) < 4.78 is 43.6. The summed E-state index contributed by atoms with van der Waals surface area (Å²) in [6.45, 7) is 3.40. The second-order valence-electron chi connectivity index (χ2n) is 5.89. The molecule has 0 saturated heterocycles. The van der Waals surface area contributed by atoms with Crippen LogP contribution in [0.5, 0.6) is 5.75 Å². The van der Waals surface area contributed by atoms with E-state index in [1.807, 2.05) is 0 Å². The van der Waals surface area contributed by atoms with Crippen molar-refractivity contribution in [2.75, 3.05) is 0 Å². The fraction of sp³-hybridized carbons (Fsp3) is 0.176. The molecule has 3 rings (SSSR count). The molecule has 0 spiro atoms. The van der Waals surface area contributed by atoms with Gasteiger partial charge in [-0.05, 0) is 38.1 Å². The van der Waals surface area contributed by atoms with Crippen molar-refractivity contribution >= 4 is 38.0 Å². The minimum atomic E-state index is -4.60. The summed E-state index contributed by atoms with van der Waals surface area (Å²) in [4.78, 5) is 23.4. The van der Waals surface area contributed by atoms with Crippen LogP contribution in [0, 0.1) is 0 Å². The molecule has 0 aliphatic heterocycles. The van der Waals surface area contributed by atoms with E-state index in [1.165, 1.54) is 12.1 Å². The number of carboxylic acid groups (broad SMARTS) is 1. The molecule has 3 aromatic rings. The summed E-state index contributed by atoms with van der Waals surface area (Å²) in [6, 6.07) is 5.81. The molecule has 136 valence electrons. The first-order chi connectivity index (χ1) is 12.1. The number of fused-ring (bicyclic) bond motifs is 2.